The number of amides is 1. The van der Waals surface area contributed by atoms with Gasteiger partial charge >= 0.3 is 0 Å². The Morgan fingerprint density at radius 2 is 1.65 bits per heavy atom. The Hall–Kier alpha value is -2.07. The van der Waals surface area contributed by atoms with Crippen LogP contribution >= 0.6 is 11.8 Å². The Bertz CT molecular complexity index is 626. The van der Waals surface area contributed by atoms with Crippen molar-refractivity contribution < 1.29 is 4.79 Å². The Kier molecular flexibility index (Phi) is 7.40. The predicted molar refractivity (Wildman–Crippen MR) is 97.8 cm³/mol. The minimum absolute atomic E-state index is 0.0347. The highest BCUT2D eigenvalue weighted by atomic mass is 32.2. The molecule has 0 aliphatic heterocycles. The Morgan fingerprint density at radius 3 is 2.35 bits per heavy atom. The number of hydrogen-bond donors (Lipinski definition) is 1. The smallest absolute Gasteiger partial charge is 0.240 e. The summed E-state index contributed by atoms with van der Waals surface area (Å²) in [5.74, 6) is 0.724. The topological polar surface area (TPSA) is 41.5 Å². The van der Waals surface area contributed by atoms with Crippen molar-refractivity contribution in [3.63, 3.8) is 0 Å². The summed E-state index contributed by atoms with van der Waals surface area (Å²) in [4.78, 5) is 13.0. The van der Waals surface area contributed by atoms with E-state index in [9.17, 15) is 4.79 Å². The molecule has 0 saturated carbocycles. The van der Waals surface area contributed by atoms with Crippen molar-refractivity contribution in [2.75, 3.05) is 5.75 Å². The van der Waals surface area contributed by atoms with E-state index in [4.69, 9.17) is 0 Å². The number of aryl methyl sites for hydroxylation is 1. The molecule has 23 heavy (non-hydrogen) atoms. The fraction of sp³-hybridized carbons (Fsp3) is 0.263. The van der Waals surface area contributed by atoms with E-state index in [1.807, 2.05) is 43.3 Å². The van der Waals surface area contributed by atoms with Gasteiger partial charge in [0.2, 0.25) is 5.91 Å². The molecule has 0 heterocycles. The fourth-order valence-corrected chi connectivity index (χ4v) is 2.89. The number of benzene rings is 2. The first kappa shape index (κ1) is 17.3. The summed E-state index contributed by atoms with van der Waals surface area (Å²) in [5, 5.41) is 4.17. The summed E-state index contributed by atoms with van der Waals surface area (Å²) in [6.45, 7) is 1.95. The van der Waals surface area contributed by atoms with Crippen molar-refractivity contribution in [2.45, 2.75) is 31.1 Å². The summed E-state index contributed by atoms with van der Waals surface area (Å²) in [6, 6.07) is 20.4. The van der Waals surface area contributed by atoms with E-state index in [0.717, 1.165) is 24.3 Å². The molecule has 0 fully saturated rings. The summed E-state index contributed by atoms with van der Waals surface area (Å²) in [6.07, 6.45) is 2.26. The molecule has 0 unspecified atom stereocenters. The second-order valence-corrected chi connectivity index (χ2v) is 6.45. The van der Waals surface area contributed by atoms with Gasteiger partial charge in [-0.05, 0) is 37.5 Å². The monoisotopic (exact) mass is 326 g/mol. The average Bonchev–Trinajstić information content (AvgIpc) is 2.60. The van der Waals surface area contributed by atoms with Gasteiger partial charge in [-0.2, -0.15) is 5.10 Å². The second-order valence-electron chi connectivity index (χ2n) is 5.28. The summed E-state index contributed by atoms with van der Waals surface area (Å²) < 4.78 is 0. The van der Waals surface area contributed by atoms with E-state index in [1.54, 1.807) is 11.8 Å². The zero-order chi connectivity index (χ0) is 16.3. The third kappa shape index (κ3) is 7.15. The molecule has 0 spiro atoms. The number of nitrogens with one attached hydrogen (secondary N) is 1. The molecule has 1 N–H and O–H groups in total. The molecule has 0 bridgehead atoms. The molecule has 120 valence electrons. The van der Waals surface area contributed by atoms with Gasteiger partial charge in [0, 0.05) is 22.8 Å². The average molecular weight is 326 g/mol. The minimum atomic E-state index is -0.0347. The van der Waals surface area contributed by atoms with Crippen LogP contribution in [0.5, 0.6) is 0 Å². The van der Waals surface area contributed by atoms with Crippen LogP contribution in [0.3, 0.4) is 0 Å². The van der Waals surface area contributed by atoms with Gasteiger partial charge in [-0.3, -0.25) is 4.79 Å². The van der Waals surface area contributed by atoms with Gasteiger partial charge in [-0.1, -0.05) is 48.5 Å². The first-order valence-electron chi connectivity index (χ1n) is 7.78. The van der Waals surface area contributed by atoms with E-state index >= 15 is 0 Å². The first-order chi connectivity index (χ1) is 11.2. The van der Waals surface area contributed by atoms with E-state index < -0.39 is 0 Å². The van der Waals surface area contributed by atoms with Crippen LogP contribution in [0.15, 0.2) is 70.7 Å². The highest BCUT2D eigenvalue weighted by Crippen LogP contribution is 2.17. The lowest BCUT2D eigenvalue weighted by Crippen LogP contribution is -2.19. The summed E-state index contributed by atoms with van der Waals surface area (Å²) >= 11 is 1.68. The maximum Gasteiger partial charge on any atom is 0.240 e. The van der Waals surface area contributed by atoms with Gasteiger partial charge in [-0.15, -0.1) is 11.8 Å². The number of hydrazone groups is 1. The van der Waals surface area contributed by atoms with Crippen LogP contribution in [0.2, 0.25) is 0 Å². The van der Waals surface area contributed by atoms with Crippen LogP contribution in [0.4, 0.5) is 0 Å². The van der Waals surface area contributed by atoms with Crippen molar-refractivity contribution in [1.29, 1.82) is 0 Å². The standard InChI is InChI=1S/C19H22N2OS/c1-16(12-13-17-8-4-2-5-9-17)20-21-19(22)14-15-23-18-10-6-3-7-11-18/h2-11H,12-15H2,1H3,(H,21,22)/b20-16-. The highest BCUT2D eigenvalue weighted by molar-refractivity contribution is 7.99. The molecule has 2 aromatic carbocycles. The van der Waals surface area contributed by atoms with Gasteiger partial charge in [0.05, 0.1) is 0 Å². The van der Waals surface area contributed by atoms with Crippen molar-refractivity contribution in [3.8, 4) is 0 Å². The van der Waals surface area contributed by atoms with Crippen LogP contribution in [-0.2, 0) is 11.2 Å². The maximum atomic E-state index is 11.8. The van der Waals surface area contributed by atoms with Gasteiger partial charge < -0.3 is 0 Å². The third-order valence-corrected chi connectivity index (χ3v) is 4.34. The van der Waals surface area contributed by atoms with Gasteiger partial charge in [-0.25, -0.2) is 5.43 Å². The van der Waals surface area contributed by atoms with Crippen molar-refractivity contribution in [3.05, 3.63) is 66.2 Å². The SMILES string of the molecule is C/C(CCc1ccccc1)=N/NC(=O)CCSc1ccccc1. The number of carbonyl (C=O) groups excluding carboxylic acids is 1. The van der Waals surface area contributed by atoms with Gasteiger partial charge in [0.1, 0.15) is 0 Å². The molecule has 0 saturated heterocycles. The Morgan fingerprint density at radius 1 is 1.00 bits per heavy atom. The molecule has 0 aromatic heterocycles. The zero-order valence-electron chi connectivity index (χ0n) is 13.4. The van der Waals surface area contributed by atoms with Gasteiger partial charge in [0.25, 0.3) is 0 Å². The van der Waals surface area contributed by atoms with Crippen LogP contribution < -0.4 is 5.43 Å². The number of nitrogens with zero attached hydrogens (tertiary/aromatic N) is 1. The number of hydrogen-bond acceptors (Lipinski definition) is 3. The molecular formula is C19H22N2OS. The number of thioether (sulfide) groups is 1. The molecule has 0 aliphatic carbocycles. The van der Waals surface area contributed by atoms with Crippen molar-refractivity contribution in [1.82, 2.24) is 5.43 Å². The fourth-order valence-electron chi connectivity index (χ4n) is 2.02. The predicted octanol–water partition coefficient (Wildman–Crippen LogP) is 4.29. The highest BCUT2D eigenvalue weighted by Gasteiger charge is 2.01. The second kappa shape index (κ2) is 9.85. The van der Waals surface area contributed by atoms with Crippen LogP contribution in [-0.4, -0.2) is 17.4 Å². The number of rotatable bonds is 8. The van der Waals surface area contributed by atoms with Crippen molar-refractivity contribution in [2.24, 2.45) is 5.10 Å². The molecule has 4 heteroatoms. The zero-order valence-corrected chi connectivity index (χ0v) is 14.2. The van der Waals surface area contributed by atoms with Crippen molar-refractivity contribution >= 4 is 23.4 Å². The molecule has 2 rings (SSSR count). The van der Waals surface area contributed by atoms with Crippen LogP contribution in [0, 0.1) is 0 Å². The van der Waals surface area contributed by atoms with Crippen LogP contribution in [0.1, 0.15) is 25.3 Å². The number of carbonyl (C=O) groups is 1. The molecule has 0 atom stereocenters. The molecule has 1 amide bonds. The van der Waals surface area contributed by atoms with E-state index in [1.165, 1.54) is 10.5 Å². The van der Waals surface area contributed by atoms with Crippen LogP contribution in [0.25, 0.3) is 0 Å². The Balaban J connectivity index is 1.64. The lowest BCUT2D eigenvalue weighted by atomic mass is 10.1. The lowest BCUT2D eigenvalue weighted by molar-refractivity contribution is -0.120. The van der Waals surface area contributed by atoms with Gasteiger partial charge in [0.15, 0.2) is 0 Å². The maximum absolute atomic E-state index is 11.8. The molecule has 3 nitrogen and oxygen atoms in total. The third-order valence-electron chi connectivity index (χ3n) is 3.33. The normalized spacial score (nSPS) is 11.3. The quantitative estimate of drug-likeness (QED) is 0.446. The molecule has 0 aliphatic rings. The summed E-state index contributed by atoms with van der Waals surface area (Å²) in [5.41, 5.74) is 4.87. The molecule has 2 aromatic rings. The molecule has 0 radical (unpaired) electrons. The Labute approximate surface area is 142 Å². The summed E-state index contributed by atoms with van der Waals surface area (Å²) in [7, 11) is 0. The lowest BCUT2D eigenvalue weighted by Gasteiger charge is -2.04. The van der Waals surface area contributed by atoms with E-state index in [0.29, 0.717) is 6.42 Å². The van der Waals surface area contributed by atoms with E-state index in [-0.39, 0.29) is 5.91 Å². The minimum Gasteiger partial charge on any atom is -0.273 e. The first-order valence-corrected chi connectivity index (χ1v) is 8.76. The molecular weight excluding hydrogens is 304 g/mol. The van der Waals surface area contributed by atoms with E-state index in [2.05, 4.69) is 34.8 Å². The largest absolute Gasteiger partial charge is 0.273 e.